The van der Waals surface area contributed by atoms with E-state index in [4.69, 9.17) is 10.2 Å². The van der Waals surface area contributed by atoms with Gasteiger partial charge in [-0.1, -0.05) is 11.6 Å². The third-order valence-corrected chi connectivity index (χ3v) is 3.24. The van der Waals surface area contributed by atoms with Gasteiger partial charge in [-0.3, -0.25) is 0 Å². The first-order chi connectivity index (χ1) is 9.04. The monoisotopic (exact) mass is 253 g/mol. The molecule has 2 aromatic heterocycles. The van der Waals surface area contributed by atoms with Gasteiger partial charge in [0.1, 0.15) is 11.3 Å². The molecule has 3 rings (SSSR count). The molecule has 1 aromatic carbocycles. The Morgan fingerprint density at radius 2 is 1.74 bits per heavy atom. The normalized spacial score (nSPS) is 11.1. The molecular formula is C15H15N3O. The summed E-state index contributed by atoms with van der Waals surface area (Å²) < 4.78 is 5.80. The lowest BCUT2D eigenvalue weighted by molar-refractivity contribution is 0.628. The van der Waals surface area contributed by atoms with Gasteiger partial charge in [0.05, 0.1) is 11.4 Å². The second kappa shape index (κ2) is 4.09. The first-order valence-corrected chi connectivity index (χ1v) is 6.16. The van der Waals surface area contributed by atoms with Gasteiger partial charge < -0.3 is 10.2 Å². The van der Waals surface area contributed by atoms with Crippen molar-refractivity contribution >= 4 is 16.8 Å². The summed E-state index contributed by atoms with van der Waals surface area (Å²) in [6, 6.07) is 8.01. The summed E-state index contributed by atoms with van der Waals surface area (Å²) in [4.78, 5) is 8.77. The summed E-state index contributed by atoms with van der Waals surface area (Å²) in [5.74, 6) is 1.06. The zero-order valence-corrected chi connectivity index (χ0v) is 11.2. The molecule has 0 saturated heterocycles. The fourth-order valence-corrected chi connectivity index (χ4v) is 2.08. The Labute approximate surface area is 111 Å². The molecule has 2 heterocycles. The maximum absolute atomic E-state index is 5.94. The van der Waals surface area contributed by atoms with Crippen LogP contribution >= 0.6 is 0 Å². The third-order valence-electron chi connectivity index (χ3n) is 3.24. The van der Waals surface area contributed by atoms with Crippen LogP contribution in [0.2, 0.25) is 0 Å². The number of rotatable bonds is 1. The molecule has 0 aliphatic heterocycles. The van der Waals surface area contributed by atoms with Crippen LogP contribution < -0.4 is 5.73 Å². The van der Waals surface area contributed by atoms with Crippen molar-refractivity contribution in [3.05, 3.63) is 41.2 Å². The third kappa shape index (κ3) is 1.95. The van der Waals surface area contributed by atoms with Crippen molar-refractivity contribution in [2.24, 2.45) is 0 Å². The van der Waals surface area contributed by atoms with Crippen LogP contribution in [0.15, 0.2) is 28.7 Å². The van der Waals surface area contributed by atoms with Crippen molar-refractivity contribution in [1.29, 1.82) is 0 Å². The quantitative estimate of drug-likeness (QED) is 0.721. The van der Waals surface area contributed by atoms with Gasteiger partial charge in [-0.15, -0.1) is 0 Å². The summed E-state index contributed by atoms with van der Waals surface area (Å²) >= 11 is 0. The number of nitrogen functional groups attached to an aromatic ring is 1. The molecule has 0 spiro atoms. The predicted molar refractivity (Wildman–Crippen MR) is 75.9 cm³/mol. The Morgan fingerprint density at radius 3 is 2.53 bits per heavy atom. The Balaban J connectivity index is 2.21. The van der Waals surface area contributed by atoms with Gasteiger partial charge in [0, 0.05) is 5.39 Å². The van der Waals surface area contributed by atoms with Crippen LogP contribution in [0.25, 0.3) is 22.4 Å². The summed E-state index contributed by atoms with van der Waals surface area (Å²) in [7, 11) is 0. The van der Waals surface area contributed by atoms with E-state index in [1.807, 2.05) is 32.0 Å². The van der Waals surface area contributed by atoms with Crippen LogP contribution in [-0.2, 0) is 0 Å². The van der Waals surface area contributed by atoms with Crippen molar-refractivity contribution in [3.8, 4) is 11.5 Å². The topological polar surface area (TPSA) is 64.9 Å². The zero-order chi connectivity index (χ0) is 13.6. The molecule has 0 saturated carbocycles. The van der Waals surface area contributed by atoms with Crippen molar-refractivity contribution in [3.63, 3.8) is 0 Å². The molecule has 4 nitrogen and oxygen atoms in total. The number of nitrogens with zero attached hydrogens (tertiary/aromatic N) is 2. The van der Waals surface area contributed by atoms with Crippen LogP contribution in [0.4, 0.5) is 5.82 Å². The maximum atomic E-state index is 5.94. The van der Waals surface area contributed by atoms with Gasteiger partial charge in [-0.05, 0) is 39.0 Å². The molecule has 0 bridgehead atoms. The molecular weight excluding hydrogens is 238 g/mol. The van der Waals surface area contributed by atoms with Crippen molar-refractivity contribution in [2.75, 3.05) is 5.73 Å². The van der Waals surface area contributed by atoms with E-state index in [-0.39, 0.29) is 0 Å². The molecule has 0 aliphatic carbocycles. The number of hydrogen-bond donors (Lipinski definition) is 1. The van der Waals surface area contributed by atoms with Crippen molar-refractivity contribution in [1.82, 2.24) is 9.97 Å². The Morgan fingerprint density at radius 1 is 1.00 bits per heavy atom. The fraction of sp³-hybridized carbons (Fsp3) is 0.200. The largest absolute Gasteiger partial charge is 0.454 e. The summed E-state index contributed by atoms with van der Waals surface area (Å²) in [5, 5.41) is 1.05. The lowest BCUT2D eigenvalue weighted by Crippen LogP contribution is -2.01. The molecule has 0 fully saturated rings. The highest BCUT2D eigenvalue weighted by atomic mass is 16.3. The van der Waals surface area contributed by atoms with Gasteiger partial charge in [0.2, 0.25) is 0 Å². The predicted octanol–water partition coefficient (Wildman–Crippen LogP) is 3.40. The van der Waals surface area contributed by atoms with E-state index in [0.717, 1.165) is 22.4 Å². The number of aryl methyl sites for hydroxylation is 3. The average molecular weight is 253 g/mol. The minimum Gasteiger partial charge on any atom is -0.454 e. The number of nitrogens with two attached hydrogens (primary N) is 1. The summed E-state index contributed by atoms with van der Waals surface area (Å²) in [5.41, 5.74) is 10.3. The van der Waals surface area contributed by atoms with Crippen LogP contribution in [-0.4, -0.2) is 9.97 Å². The van der Waals surface area contributed by atoms with Crippen LogP contribution in [0.1, 0.15) is 17.0 Å². The van der Waals surface area contributed by atoms with E-state index >= 15 is 0 Å². The highest BCUT2D eigenvalue weighted by molar-refractivity contribution is 5.84. The Kier molecular flexibility index (Phi) is 2.52. The van der Waals surface area contributed by atoms with Crippen LogP contribution in [0.3, 0.4) is 0 Å². The molecule has 2 N–H and O–H groups in total. The summed E-state index contributed by atoms with van der Waals surface area (Å²) in [6.45, 7) is 5.86. The van der Waals surface area contributed by atoms with Gasteiger partial charge in [-0.25, -0.2) is 9.97 Å². The minimum atomic E-state index is 0.402. The van der Waals surface area contributed by atoms with E-state index < -0.39 is 0 Å². The number of aromatic nitrogens is 2. The van der Waals surface area contributed by atoms with Crippen LogP contribution in [0.5, 0.6) is 0 Å². The van der Waals surface area contributed by atoms with Gasteiger partial charge in [-0.2, -0.15) is 0 Å². The second-order valence-electron chi connectivity index (χ2n) is 4.78. The zero-order valence-electron chi connectivity index (χ0n) is 11.2. The summed E-state index contributed by atoms with van der Waals surface area (Å²) in [6.07, 6.45) is 0. The number of benzene rings is 1. The first-order valence-electron chi connectivity index (χ1n) is 6.16. The maximum Gasteiger partial charge on any atom is 0.157 e. The first kappa shape index (κ1) is 11.7. The van der Waals surface area contributed by atoms with E-state index in [9.17, 15) is 0 Å². The minimum absolute atomic E-state index is 0.402. The van der Waals surface area contributed by atoms with Crippen molar-refractivity contribution < 1.29 is 4.42 Å². The smallest absolute Gasteiger partial charge is 0.157 e. The molecule has 0 aliphatic rings. The number of furan rings is 1. The molecule has 0 amide bonds. The Bertz CT molecular complexity index is 774. The number of fused-ring (bicyclic) bond motifs is 1. The van der Waals surface area contributed by atoms with E-state index in [0.29, 0.717) is 17.3 Å². The fourth-order valence-electron chi connectivity index (χ4n) is 2.08. The standard InChI is InChI=1S/C15H15N3O/c1-8-4-5-12-11(6-8)7-13(19-12)14-15(16)18-10(3)9(2)17-14/h4-7H,1-3H3,(H2,16,18). The second-order valence-corrected chi connectivity index (χ2v) is 4.78. The van der Waals surface area contributed by atoms with Gasteiger partial charge >= 0.3 is 0 Å². The van der Waals surface area contributed by atoms with E-state index in [1.54, 1.807) is 0 Å². The molecule has 0 unspecified atom stereocenters. The highest BCUT2D eigenvalue weighted by Gasteiger charge is 2.13. The molecule has 19 heavy (non-hydrogen) atoms. The van der Waals surface area contributed by atoms with Gasteiger partial charge in [0.15, 0.2) is 11.6 Å². The lowest BCUT2D eigenvalue weighted by Gasteiger charge is -2.04. The van der Waals surface area contributed by atoms with Crippen LogP contribution in [0, 0.1) is 20.8 Å². The molecule has 0 radical (unpaired) electrons. The number of hydrogen-bond acceptors (Lipinski definition) is 4. The number of anilines is 1. The Hall–Kier alpha value is -2.36. The van der Waals surface area contributed by atoms with Crippen molar-refractivity contribution in [2.45, 2.75) is 20.8 Å². The molecule has 0 atom stereocenters. The molecule has 3 aromatic rings. The lowest BCUT2D eigenvalue weighted by atomic mass is 10.2. The van der Waals surface area contributed by atoms with Gasteiger partial charge in [0.25, 0.3) is 0 Å². The molecule has 4 heteroatoms. The van der Waals surface area contributed by atoms with E-state index in [2.05, 4.69) is 23.0 Å². The molecule has 96 valence electrons. The average Bonchev–Trinajstić information content (AvgIpc) is 2.76. The SMILES string of the molecule is Cc1ccc2oc(-c3nc(C)c(C)nc3N)cc2c1. The highest BCUT2D eigenvalue weighted by Crippen LogP contribution is 2.30. The van der Waals surface area contributed by atoms with E-state index in [1.165, 1.54) is 5.56 Å².